The normalized spacial score (nSPS) is 14.8. The van der Waals surface area contributed by atoms with Gasteiger partial charge in [-0.3, -0.25) is 9.69 Å². The van der Waals surface area contributed by atoms with Crippen LogP contribution in [0.3, 0.4) is 0 Å². The van der Waals surface area contributed by atoms with E-state index in [9.17, 15) is 4.79 Å². The molecule has 0 spiro atoms. The van der Waals surface area contributed by atoms with Crippen LogP contribution in [0.5, 0.6) is 0 Å². The second-order valence-electron chi connectivity index (χ2n) is 8.34. The number of hydrogen-bond acceptors (Lipinski definition) is 3. The maximum atomic E-state index is 12.0. The van der Waals surface area contributed by atoms with E-state index in [-0.39, 0.29) is 5.43 Å². The Balaban J connectivity index is 1.42. The summed E-state index contributed by atoms with van der Waals surface area (Å²) in [4.78, 5) is 17.0. The Morgan fingerprint density at radius 3 is 2.29 bits per heavy atom. The Hall–Kier alpha value is -3.37. The summed E-state index contributed by atoms with van der Waals surface area (Å²) in [5.41, 5.74) is 6.09. The molecule has 0 bridgehead atoms. The van der Waals surface area contributed by atoms with Crippen LogP contribution in [0.4, 0.5) is 5.82 Å². The summed E-state index contributed by atoms with van der Waals surface area (Å²) in [5, 5.41) is 0. The first-order valence-corrected chi connectivity index (χ1v) is 10.9. The molecule has 1 aliphatic rings. The van der Waals surface area contributed by atoms with E-state index in [2.05, 4.69) is 75.7 Å². The van der Waals surface area contributed by atoms with Crippen molar-refractivity contribution in [3.8, 4) is 11.1 Å². The van der Waals surface area contributed by atoms with Crippen molar-refractivity contribution >= 4 is 11.3 Å². The summed E-state index contributed by atoms with van der Waals surface area (Å²) in [6.45, 7) is 7.10. The van der Waals surface area contributed by atoms with E-state index in [0.29, 0.717) is 0 Å². The van der Waals surface area contributed by atoms with Gasteiger partial charge in [-0.1, -0.05) is 60.2 Å². The molecule has 4 aromatic rings. The number of benzene rings is 2. The highest BCUT2D eigenvalue weighted by molar-refractivity contribution is 5.85. The molecule has 0 radical (unpaired) electrons. The summed E-state index contributed by atoms with van der Waals surface area (Å²) in [6, 6.07) is 26.8. The van der Waals surface area contributed by atoms with Gasteiger partial charge >= 0.3 is 0 Å². The zero-order chi connectivity index (χ0) is 21.2. The third-order valence-electron chi connectivity index (χ3n) is 6.16. The first-order valence-electron chi connectivity index (χ1n) is 10.9. The molecule has 156 valence electrons. The van der Waals surface area contributed by atoms with Crippen molar-refractivity contribution in [2.45, 2.75) is 13.5 Å². The number of rotatable bonds is 4. The standard InChI is InChI=1S/C27H27N3O/c1-21-7-9-22(10-8-21)20-28-15-17-29(18-16-28)27-19-25(23-5-3-2-4-6-23)26-12-11-24(31)13-14-30(26)27/h2-14,19H,15-18,20H2,1H3. The van der Waals surface area contributed by atoms with Gasteiger partial charge in [-0.25, -0.2) is 0 Å². The number of aryl methyl sites for hydroxylation is 1. The van der Waals surface area contributed by atoms with E-state index in [1.807, 2.05) is 18.3 Å². The lowest BCUT2D eigenvalue weighted by molar-refractivity contribution is 0.249. The molecule has 31 heavy (non-hydrogen) atoms. The van der Waals surface area contributed by atoms with Crippen LogP contribution in [0.15, 0.2) is 89.9 Å². The predicted octanol–water partition coefficient (Wildman–Crippen LogP) is 4.60. The molecule has 0 atom stereocenters. The van der Waals surface area contributed by atoms with E-state index in [1.54, 1.807) is 12.1 Å². The fourth-order valence-electron chi connectivity index (χ4n) is 4.40. The van der Waals surface area contributed by atoms with Crippen LogP contribution in [-0.2, 0) is 6.54 Å². The maximum absolute atomic E-state index is 12.0. The van der Waals surface area contributed by atoms with E-state index in [0.717, 1.165) is 49.6 Å². The number of anilines is 1. The molecule has 1 saturated heterocycles. The van der Waals surface area contributed by atoms with Crippen molar-refractivity contribution in [1.29, 1.82) is 0 Å². The van der Waals surface area contributed by atoms with Crippen molar-refractivity contribution in [1.82, 2.24) is 9.30 Å². The molecule has 3 heterocycles. The quantitative estimate of drug-likeness (QED) is 0.493. The summed E-state index contributed by atoms with van der Waals surface area (Å²) in [6.07, 6.45) is 1.91. The van der Waals surface area contributed by atoms with Crippen molar-refractivity contribution in [3.05, 3.63) is 106 Å². The number of fused-ring (bicyclic) bond motifs is 1. The van der Waals surface area contributed by atoms with Crippen LogP contribution in [0.25, 0.3) is 16.6 Å². The monoisotopic (exact) mass is 409 g/mol. The highest BCUT2D eigenvalue weighted by Crippen LogP contribution is 2.32. The lowest BCUT2D eigenvalue weighted by Crippen LogP contribution is -2.46. The Kier molecular flexibility index (Phi) is 5.31. The molecule has 0 amide bonds. The van der Waals surface area contributed by atoms with Gasteiger partial charge in [0.1, 0.15) is 5.82 Å². The minimum Gasteiger partial charge on any atom is -0.355 e. The van der Waals surface area contributed by atoms with E-state index in [4.69, 9.17) is 0 Å². The number of aromatic nitrogens is 1. The molecular weight excluding hydrogens is 382 g/mol. The second kappa shape index (κ2) is 8.40. The lowest BCUT2D eigenvalue weighted by atomic mass is 10.1. The zero-order valence-electron chi connectivity index (χ0n) is 17.9. The van der Waals surface area contributed by atoms with Gasteiger partial charge in [0.05, 0.1) is 5.52 Å². The molecule has 0 unspecified atom stereocenters. The predicted molar refractivity (Wildman–Crippen MR) is 128 cm³/mol. The Bertz CT molecular complexity index is 1240. The SMILES string of the molecule is Cc1ccc(CN2CCN(c3cc(-c4ccccc4)c4ccc(=O)ccn34)CC2)cc1. The third-order valence-corrected chi connectivity index (χ3v) is 6.16. The summed E-state index contributed by atoms with van der Waals surface area (Å²) in [7, 11) is 0. The average molecular weight is 410 g/mol. The van der Waals surface area contributed by atoms with Gasteiger partial charge in [-0.05, 0) is 36.2 Å². The Morgan fingerprint density at radius 2 is 1.55 bits per heavy atom. The average Bonchev–Trinajstić information content (AvgIpc) is 3.06. The molecule has 4 nitrogen and oxygen atoms in total. The molecule has 0 aliphatic carbocycles. The van der Waals surface area contributed by atoms with Crippen molar-refractivity contribution in [2.75, 3.05) is 31.1 Å². The molecule has 2 aromatic heterocycles. The molecule has 1 fully saturated rings. The van der Waals surface area contributed by atoms with Crippen LogP contribution in [0.2, 0.25) is 0 Å². The van der Waals surface area contributed by atoms with Gasteiger partial charge in [0, 0.05) is 50.6 Å². The molecule has 0 N–H and O–H groups in total. The topological polar surface area (TPSA) is 28.0 Å². The van der Waals surface area contributed by atoms with Gasteiger partial charge in [-0.2, -0.15) is 0 Å². The van der Waals surface area contributed by atoms with E-state index >= 15 is 0 Å². The van der Waals surface area contributed by atoms with Crippen molar-refractivity contribution < 1.29 is 0 Å². The molecule has 5 rings (SSSR count). The lowest BCUT2D eigenvalue weighted by Gasteiger charge is -2.35. The minimum atomic E-state index is 0.0246. The highest BCUT2D eigenvalue weighted by atomic mass is 16.1. The van der Waals surface area contributed by atoms with Gasteiger partial charge in [0.2, 0.25) is 0 Å². The van der Waals surface area contributed by atoms with Crippen LogP contribution in [0, 0.1) is 6.92 Å². The molecule has 1 aliphatic heterocycles. The minimum absolute atomic E-state index is 0.0246. The highest BCUT2D eigenvalue weighted by Gasteiger charge is 2.21. The largest absolute Gasteiger partial charge is 0.355 e. The van der Waals surface area contributed by atoms with E-state index < -0.39 is 0 Å². The fraction of sp³-hybridized carbons (Fsp3) is 0.222. The summed E-state index contributed by atoms with van der Waals surface area (Å²) >= 11 is 0. The van der Waals surface area contributed by atoms with Crippen molar-refractivity contribution in [2.24, 2.45) is 0 Å². The van der Waals surface area contributed by atoms with Crippen LogP contribution in [-0.4, -0.2) is 35.5 Å². The summed E-state index contributed by atoms with van der Waals surface area (Å²) < 4.78 is 2.17. The molecular formula is C27H27N3O. The van der Waals surface area contributed by atoms with Gasteiger partial charge in [0.15, 0.2) is 5.43 Å². The first-order chi connectivity index (χ1) is 15.2. The zero-order valence-corrected chi connectivity index (χ0v) is 17.9. The molecule has 2 aromatic carbocycles. The fourth-order valence-corrected chi connectivity index (χ4v) is 4.40. The van der Waals surface area contributed by atoms with Crippen LogP contribution < -0.4 is 10.3 Å². The number of piperazine rings is 1. The van der Waals surface area contributed by atoms with Crippen LogP contribution in [0.1, 0.15) is 11.1 Å². The number of nitrogens with zero attached hydrogens (tertiary/aromatic N) is 3. The molecule has 4 heteroatoms. The maximum Gasteiger partial charge on any atom is 0.180 e. The number of hydrogen-bond donors (Lipinski definition) is 0. The Morgan fingerprint density at radius 1 is 0.806 bits per heavy atom. The van der Waals surface area contributed by atoms with Crippen LogP contribution >= 0.6 is 0 Å². The third kappa shape index (κ3) is 4.12. The smallest absolute Gasteiger partial charge is 0.180 e. The Labute approximate surface area is 183 Å². The van der Waals surface area contributed by atoms with Gasteiger partial charge in [-0.15, -0.1) is 0 Å². The first kappa shape index (κ1) is 19.6. The van der Waals surface area contributed by atoms with E-state index in [1.165, 1.54) is 16.7 Å². The summed E-state index contributed by atoms with van der Waals surface area (Å²) in [5.74, 6) is 1.15. The second-order valence-corrected chi connectivity index (χ2v) is 8.34. The van der Waals surface area contributed by atoms with Gasteiger partial charge < -0.3 is 9.30 Å². The van der Waals surface area contributed by atoms with Gasteiger partial charge in [0.25, 0.3) is 0 Å². The molecule has 0 saturated carbocycles. The van der Waals surface area contributed by atoms with Crippen molar-refractivity contribution in [3.63, 3.8) is 0 Å².